The highest BCUT2D eigenvalue weighted by Crippen LogP contribution is 2.33. The van der Waals surface area contributed by atoms with Crippen LogP contribution in [0.25, 0.3) is 6.08 Å². The molecule has 188 valence electrons. The number of ether oxygens (including phenoxy) is 3. The largest absolute Gasteiger partial charge is 0.494 e. The molecule has 35 heavy (non-hydrogen) atoms. The van der Waals surface area contributed by atoms with Gasteiger partial charge in [-0.25, -0.2) is 10.4 Å². The van der Waals surface area contributed by atoms with E-state index >= 15 is 0 Å². The van der Waals surface area contributed by atoms with Crippen molar-refractivity contribution in [2.45, 2.75) is 37.8 Å². The number of rotatable bonds is 14. The van der Waals surface area contributed by atoms with Gasteiger partial charge in [0.2, 0.25) is 5.90 Å². The maximum atomic E-state index is 13.4. The van der Waals surface area contributed by atoms with Crippen LogP contribution in [0.5, 0.6) is 5.75 Å². The monoisotopic (exact) mass is 481 g/mol. The summed E-state index contributed by atoms with van der Waals surface area (Å²) in [6, 6.07) is 17.3. The van der Waals surface area contributed by atoms with Crippen LogP contribution in [0.3, 0.4) is 0 Å². The van der Waals surface area contributed by atoms with Crippen LogP contribution in [0.15, 0.2) is 65.7 Å². The molecule has 2 aromatic rings. The number of aliphatic imine (C=N–C) groups is 1. The Labute approximate surface area is 207 Å². The third-order valence-corrected chi connectivity index (χ3v) is 5.72. The summed E-state index contributed by atoms with van der Waals surface area (Å²) >= 11 is 0. The Bertz CT molecular complexity index is 978. The van der Waals surface area contributed by atoms with Crippen molar-refractivity contribution < 1.29 is 24.1 Å². The fourth-order valence-electron chi connectivity index (χ4n) is 3.68. The molecule has 2 aromatic carbocycles. The van der Waals surface area contributed by atoms with Gasteiger partial charge in [-0.05, 0) is 43.2 Å². The first kappa shape index (κ1) is 26.4. The normalized spacial score (nSPS) is 19.4. The first-order chi connectivity index (χ1) is 17.1. The second-order valence-electron chi connectivity index (χ2n) is 8.30. The van der Waals surface area contributed by atoms with E-state index in [-0.39, 0.29) is 12.5 Å². The highest BCUT2D eigenvalue weighted by Gasteiger charge is 2.49. The van der Waals surface area contributed by atoms with Crippen LogP contribution in [0.2, 0.25) is 0 Å². The molecule has 0 unspecified atom stereocenters. The molecule has 8 heteroatoms. The van der Waals surface area contributed by atoms with Gasteiger partial charge in [-0.1, -0.05) is 42.5 Å². The Kier molecular flexibility index (Phi) is 10.3. The molecule has 1 heterocycles. The number of aliphatic hydroxyl groups excluding tert-OH is 1. The first-order valence-corrected chi connectivity index (χ1v) is 11.9. The molecule has 0 aliphatic carbocycles. The van der Waals surface area contributed by atoms with E-state index < -0.39 is 11.6 Å². The van der Waals surface area contributed by atoms with E-state index in [4.69, 9.17) is 24.3 Å². The Morgan fingerprint density at radius 1 is 1.14 bits per heavy atom. The molecule has 0 saturated heterocycles. The lowest BCUT2D eigenvalue weighted by Gasteiger charge is -2.27. The zero-order chi connectivity index (χ0) is 24.9. The fourth-order valence-corrected chi connectivity index (χ4v) is 3.68. The summed E-state index contributed by atoms with van der Waals surface area (Å²) < 4.78 is 16.8. The average Bonchev–Trinajstić information content (AvgIpc) is 3.22. The summed E-state index contributed by atoms with van der Waals surface area (Å²) in [5.41, 5.74) is 6.48. The van der Waals surface area contributed by atoms with Gasteiger partial charge >= 0.3 is 0 Å². The van der Waals surface area contributed by atoms with Crippen molar-refractivity contribution in [1.82, 2.24) is 10.9 Å². The Morgan fingerprint density at radius 3 is 2.63 bits per heavy atom. The molecule has 0 spiro atoms. The van der Waals surface area contributed by atoms with Crippen molar-refractivity contribution in [1.29, 1.82) is 0 Å². The van der Waals surface area contributed by atoms with Crippen molar-refractivity contribution in [3.63, 3.8) is 0 Å². The van der Waals surface area contributed by atoms with Gasteiger partial charge in [0.1, 0.15) is 11.9 Å². The number of nitrogens with zero attached hydrogens (tertiary/aromatic N) is 1. The molecule has 0 bridgehead atoms. The van der Waals surface area contributed by atoms with Crippen molar-refractivity contribution in [2.75, 3.05) is 33.5 Å². The SMILES string of the molecule is COCCCNNC(=O)[C@@]1(C/C=C/c2ccccc2)N=C(c2ccc(OCCCO)cc2)O[C@H]1C. The predicted octanol–water partition coefficient (Wildman–Crippen LogP) is 3.11. The third kappa shape index (κ3) is 7.39. The number of nitrogens with one attached hydrogen (secondary N) is 2. The molecule has 3 rings (SSSR count). The Hall–Kier alpha value is -3.20. The molecule has 0 fully saturated rings. The van der Waals surface area contributed by atoms with E-state index in [9.17, 15) is 4.79 Å². The lowest BCUT2D eigenvalue weighted by Crippen LogP contribution is -2.54. The molecule has 1 aliphatic rings. The number of aliphatic hydroxyl groups is 1. The van der Waals surface area contributed by atoms with Gasteiger partial charge in [0.25, 0.3) is 5.91 Å². The van der Waals surface area contributed by atoms with Gasteiger partial charge in [0.05, 0.1) is 6.61 Å². The Morgan fingerprint density at radius 2 is 1.91 bits per heavy atom. The summed E-state index contributed by atoms with van der Waals surface area (Å²) in [6.45, 7) is 3.58. The highest BCUT2D eigenvalue weighted by atomic mass is 16.5. The quantitative estimate of drug-likeness (QED) is 0.283. The zero-order valence-electron chi connectivity index (χ0n) is 20.4. The van der Waals surface area contributed by atoms with Crippen LogP contribution in [0.1, 0.15) is 37.3 Å². The zero-order valence-corrected chi connectivity index (χ0v) is 20.4. The van der Waals surface area contributed by atoms with Gasteiger partial charge in [-0.15, -0.1) is 0 Å². The fraction of sp³-hybridized carbons (Fsp3) is 0.407. The van der Waals surface area contributed by atoms with Crippen LogP contribution in [-0.4, -0.2) is 62.0 Å². The summed E-state index contributed by atoms with van der Waals surface area (Å²) in [6.07, 6.45) is 5.19. The van der Waals surface area contributed by atoms with Gasteiger partial charge in [0, 0.05) is 45.3 Å². The number of amides is 1. The molecular weight excluding hydrogens is 446 g/mol. The van der Waals surface area contributed by atoms with Crippen molar-refractivity contribution in [3.05, 3.63) is 71.8 Å². The second-order valence-corrected chi connectivity index (χ2v) is 8.30. The summed E-state index contributed by atoms with van der Waals surface area (Å²) in [4.78, 5) is 18.2. The predicted molar refractivity (Wildman–Crippen MR) is 136 cm³/mol. The smallest absolute Gasteiger partial charge is 0.266 e. The molecule has 0 radical (unpaired) electrons. The van der Waals surface area contributed by atoms with Crippen molar-refractivity contribution >= 4 is 17.9 Å². The molecule has 2 atom stereocenters. The van der Waals surface area contributed by atoms with E-state index in [1.807, 2.05) is 73.7 Å². The summed E-state index contributed by atoms with van der Waals surface area (Å²) in [7, 11) is 1.65. The molecule has 8 nitrogen and oxygen atoms in total. The standard InChI is InChI=1S/C27H35N3O5/c1-21-27(26(32)30-28-17-7-19-33-2,16-6-11-22-9-4-3-5-10-22)29-25(35-21)23-12-14-24(15-13-23)34-20-8-18-31/h3-6,9-15,21,28,31H,7-8,16-20H2,1-2H3,(H,30,32)/b11-6+/t21-,27-/m0/s1. The van der Waals surface area contributed by atoms with Crippen LogP contribution >= 0.6 is 0 Å². The molecular formula is C27H35N3O5. The lowest BCUT2D eigenvalue weighted by atomic mass is 9.89. The van der Waals surface area contributed by atoms with Crippen LogP contribution in [0.4, 0.5) is 0 Å². The van der Waals surface area contributed by atoms with Gasteiger partial charge < -0.3 is 19.3 Å². The van der Waals surface area contributed by atoms with Gasteiger partial charge in [-0.3, -0.25) is 10.2 Å². The maximum Gasteiger partial charge on any atom is 0.266 e. The van der Waals surface area contributed by atoms with Crippen molar-refractivity contribution in [2.24, 2.45) is 4.99 Å². The number of hydrogen-bond acceptors (Lipinski definition) is 7. The number of carbonyl (C=O) groups is 1. The number of hydrogen-bond donors (Lipinski definition) is 3. The number of hydrazine groups is 1. The molecule has 0 saturated carbocycles. The van der Waals surface area contributed by atoms with Gasteiger partial charge in [-0.2, -0.15) is 0 Å². The first-order valence-electron chi connectivity index (χ1n) is 11.9. The molecule has 1 aliphatic heterocycles. The Balaban J connectivity index is 1.78. The summed E-state index contributed by atoms with van der Waals surface area (Å²) in [5, 5.41) is 8.91. The lowest BCUT2D eigenvalue weighted by molar-refractivity contribution is -0.129. The minimum absolute atomic E-state index is 0.0880. The van der Waals surface area contributed by atoms with E-state index in [0.717, 1.165) is 17.5 Å². The maximum absolute atomic E-state index is 13.4. The van der Waals surface area contributed by atoms with Crippen LogP contribution in [0, 0.1) is 0 Å². The van der Waals surface area contributed by atoms with E-state index in [1.165, 1.54) is 0 Å². The van der Waals surface area contributed by atoms with E-state index in [1.54, 1.807) is 7.11 Å². The van der Waals surface area contributed by atoms with E-state index in [0.29, 0.717) is 44.2 Å². The van der Waals surface area contributed by atoms with Crippen LogP contribution in [-0.2, 0) is 14.3 Å². The average molecular weight is 482 g/mol. The molecule has 0 aromatic heterocycles. The van der Waals surface area contributed by atoms with Gasteiger partial charge in [0.15, 0.2) is 5.54 Å². The number of carbonyl (C=O) groups excluding carboxylic acids is 1. The number of benzene rings is 2. The number of methoxy groups -OCH3 is 1. The molecule has 3 N–H and O–H groups in total. The van der Waals surface area contributed by atoms with E-state index in [2.05, 4.69) is 10.9 Å². The second kappa shape index (κ2) is 13.6. The third-order valence-electron chi connectivity index (χ3n) is 5.72. The molecule has 1 amide bonds. The topological polar surface area (TPSA) is 101 Å². The summed E-state index contributed by atoms with van der Waals surface area (Å²) in [5.74, 6) is 0.866. The van der Waals surface area contributed by atoms with Crippen molar-refractivity contribution in [3.8, 4) is 5.75 Å². The minimum Gasteiger partial charge on any atom is -0.494 e. The minimum atomic E-state index is -1.12. The highest BCUT2D eigenvalue weighted by molar-refractivity contribution is 6.00. The van der Waals surface area contributed by atoms with Crippen LogP contribution < -0.4 is 15.6 Å².